The van der Waals surface area contributed by atoms with Crippen LogP contribution in [0.15, 0.2) is 45.8 Å². The van der Waals surface area contributed by atoms with Crippen LogP contribution < -0.4 is 5.32 Å². The van der Waals surface area contributed by atoms with E-state index < -0.39 is 10.0 Å². The van der Waals surface area contributed by atoms with Crippen LogP contribution in [0.3, 0.4) is 0 Å². The van der Waals surface area contributed by atoms with Gasteiger partial charge in [0.1, 0.15) is 5.69 Å². The molecule has 0 aliphatic carbocycles. The second-order valence-electron chi connectivity index (χ2n) is 8.02. The third kappa shape index (κ3) is 4.48. The Morgan fingerprint density at radius 3 is 2.39 bits per heavy atom. The van der Waals surface area contributed by atoms with E-state index in [1.165, 1.54) is 16.4 Å². The summed E-state index contributed by atoms with van der Waals surface area (Å²) in [6.07, 6.45) is 0.0663. The van der Waals surface area contributed by atoms with Crippen molar-refractivity contribution in [3.8, 4) is 0 Å². The van der Waals surface area contributed by atoms with Crippen LogP contribution in [0.5, 0.6) is 0 Å². The third-order valence-electron chi connectivity index (χ3n) is 5.73. The van der Waals surface area contributed by atoms with Crippen molar-refractivity contribution in [1.82, 2.24) is 14.4 Å². The molecule has 9 heteroatoms. The number of fused-ring (bicyclic) bond motifs is 1. The lowest BCUT2D eigenvalue weighted by atomic mass is 10.1. The van der Waals surface area contributed by atoms with Gasteiger partial charge in [-0.3, -0.25) is 4.79 Å². The molecule has 0 bridgehead atoms. The molecule has 0 radical (unpaired) electrons. The summed E-state index contributed by atoms with van der Waals surface area (Å²) < 4.78 is 32.5. The van der Waals surface area contributed by atoms with Gasteiger partial charge in [0.15, 0.2) is 5.58 Å². The molecule has 1 fully saturated rings. The number of nitrogens with zero attached hydrogens (tertiary/aromatic N) is 3. The number of anilines is 1. The Hall–Kier alpha value is -2.75. The van der Waals surface area contributed by atoms with Gasteiger partial charge in [0.25, 0.3) is 0 Å². The normalized spacial score (nSPS) is 16.0. The van der Waals surface area contributed by atoms with Gasteiger partial charge >= 0.3 is 0 Å². The van der Waals surface area contributed by atoms with Crippen molar-refractivity contribution >= 4 is 32.6 Å². The van der Waals surface area contributed by atoms with Crippen LogP contribution in [0.4, 0.5) is 5.69 Å². The fraction of sp³-hybridized carbons (Fsp3) is 0.364. The van der Waals surface area contributed by atoms with Crippen LogP contribution >= 0.6 is 0 Å². The number of aromatic nitrogens is 1. The highest BCUT2D eigenvalue weighted by molar-refractivity contribution is 7.89. The van der Waals surface area contributed by atoms with Gasteiger partial charge in [0, 0.05) is 37.3 Å². The molecular formula is C22H26N4O4S. The standard InChI is InChI=1S/C22H26N4O4S/c1-15-12-19-20(24-30-21(19)13-16(15)2)14-22(27)23-17-4-6-18(7-5-17)31(28,29)26-10-8-25(3)9-11-26/h4-7,12-13H,8-11,14H2,1-3H3,(H,23,27). The predicted octanol–water partition coefficient (Wildman–Crippen LogP) is 2.56. The molecule has 1 aliphatic rings. The molecule has 1 saturated heterocycles. The van der Waals surface area contributed by atoms with Gasteiger partial charge < -0.3 is 14.7 Å². The largest absolute Gasteiger partial charge is 0.356 e. The molecule has 164 valence electrons. The van der Waals surface area contributed by atoms with Gasteiger partial charge in [-0.2, -0.15) is 4.31 Å². The Morgan fingerprint density at radius 1 is 1.06 bits per heavy atom. The fourth-order valence-corrected chi connectivity index (χ4v) is 5.04. The smallest absolute Gasteiger partial charge is 0.243 e. The molecular weight excluding hydrogens is 416 g/mol. The molecule has 1 aliphatic heterocycles. The third-order valence-corrected chi connectivity index (χ3v) is 7.64. The summed E-state index contributed by atoms with van der Waals surface area (Å²) in [5.41, 5.74) is 3.97. The molecule has 1 N–H and O–H groups in total. The number of rotatable bonds is 5. The number of hydrogen-bond acceptors (Lipinski definition) is 6. The van der Waals surface area contributed by atoms with Crippen molar-refractivity contribution in [2.45, 2.75) is 25.2 Å². The van der Waals surface area contributed by atoms with Crippen molar-refractivity contribution in [1.29, 1.82) is 0 Å². The number of hydrogen-bond donors (Lipinski definition) is 1. The summed E-state index contributed by atoms with van der Waals surface area (Å²) >= 11 is 0. The van der Waals surface area contributed by atoms with Gasteiger partial charge in [0.2, 0.25) is 15.9 Å². The Bertz CT molecular complexity index is 1210. The second kappa shape index (κ2) is 8.41. The number of carbonyl (C=O) groups excluding carboxylic acids is 1. The Morgan fingerprint density at radius 2 is 1.71 bits per heavy atom. The highest BCUT2D eigenvalue weighted by atomic mass is 32.2. The number of aryl methyl sites for hydroxylation is 2. The van der Waals surface area contributed by atoms with E-state index in [0.717, 1.165) is 16.5 Å². The zero-order valence-electron chi connectivity index (χ0n) is 17.9. The van der Waals surface area contributed by atoms with Crippen molar-refractivity contribution in [3.05, 3.63) is 53.2 Å². The first-order chi connectivity index (χ1) is 14.7. The minimum absolute atomic E-state index is 0.0663. The maximum atomic E-state index is 12.8. The molecule has 0 saturated carbocycles. The van der Waals surface area contributed by atoms with Gasteiger partial charge in [-0.15, -0.1) is 0 Å². The van der Waals surface area contributed by atoms with Gasteiger partial charge in [-0.05, 0) is 68.4 Å². The molecule has 4 rings (SSSR count). The summed E-state index contributed by atoms with van der Waals surface area (Å²) in [5.74, 6) is -0.247. The Labute approximate surface area is 181 Å². The first-order valence-electron chi connectivity index (χ1n) is 10.2. The average molecular weight is 443 g/mol. The van der Waals surface area contributed by atoms with E-state index in [1.54, 1.807) is 12.1 Å². The van der Waals surface area contributed by atoms with Crippen LogP contribution in [0.25, 0.3) is 11.0 Å². The average Bonchev–Trinajstić information content (AvgIpc) is 3.10. The van der Waals surface area contributed by atoms with Crippen LogP contribution in [-0.2, 0) is 21.2 Å². The summed E-state index contributed by atoms with van der Waals surface area (Å²) in [7, 11) is -1.55. The van der Waals surface area contributed by atoms with Crippen molar-refractivity contribution < 1.29 is 17.7 Å². The molecule has 2 aromatic carbocycles. The van der Waals surface area contributed by atoms with Crippen molar-refractivity contribution in [3.63, 3.8) is 0 Å². The monoisotopic (exact) mass is 442 g/mol. The molecule has 1 amide bonds. The number of likely N-dealkylation sites (N-methyl/N-ethyl adjacent to an activating group) is 1. The van der Waals surface area contributed by atoms with Gasteiger partial charge in [-0.1, -0.05) is 5.16 Å². The van der Waals surface area contributed by atoms with E-state index in [2.05, 4.69) is 15.4 Å². The fourth-order valence-electron chi connectivity index (χ4n) is 3.62. The Balaban J connectivity index is 1.43. The van der Waals surface area contributed by atoms with Crippen molar-refractivity contribution in [2.75, 3.05) is 38.5 Å². The molecule has 0 spiro atoms. The van der Waals surface area contributed by atoms with Crippen LogP contribution in [0.2, 0.25) is 0 Å². The minimum Gasteiger partial charge on any atom is -0.356 e. The molecule has 8 nitrogen and oxygen atoms in total. The maximum Gasteiger partial charge on any atom is 0.243 e. The first-order valence-corrected chi connectivity index (χ1v) is 11.6. The minimum atomic E-state index is -3.53. The highest BCUT2D eigenvalue weighted by Crippen LogP contribution is 2.24. The quantitative estimate of drug-likeness (QED) is 0.653. The summed E-state index contributed by atoms with van der Waals surface area (Å²) in [6, 6.07) is 10.2. The number of nitrogens with one attached hydrogen (secondary N) is 1. The zero-order chi connectivity index (χ0) is 22.2. The maximum absolute atomic E-state index is 12.8. The lowest BCUT2D eigenvalue weighted by Gasteiger charge is -2.31. The SMILES string of the molecule is Cc1cc2onc(CC(=O)Nc3ccc(S(=O)(=O)N4CCN(C)CC4)cc3)c2cc1C. The van der Waals surface area contributed by atoms with E-state index >= 15 is 0 Å². The second-order valence-corrected chi connectivity index (χ2v) is 9.96. The molecule has 2 heterocycles. The predicted molar refractivity (Wildman–Crippen MR) is 119 cm³/mol. The zero-order valence-corrected chi connectivity index (χ0v) is 18.7. The van der Waals surface area contributed by atoms with E-state index in [4.69, 9.17) is 4.52 Å². The van der Waals surface area contributed by atoms with E-state index in [0.29, 0.717) is 43.1 Å². The van der Waals surface area contributed by atoms with Gasteiger partial charge in [-0.25, -0.2) is 8.42 Å². The molecule has 1 aromatic heterocycles. The number of benzene rings is 2. The summed E-state index contributed by atoms with van der Waals surface area (Å²) in [4.78, 5) is 14.8. The van der Waals surface area contributed by atoms with Crippen LogP contribution in [0, 0.1) is 13.8 Å². The van der Waals surface area contributed by atoms with E-state index in [1.807, 2.05) is 33.0 Å². The van der Waals surface area contributed by atoms with Crippen LogP contribution in [0.1, 0.15) is 16.8 Å². The van der Waals surface area contributed by atoms with E-state index in [9.17, 15) is 13.2 Å². The first kappa shape index (κ1) is 21.5. The lowest BCUT2D eigenvalue weighted by molar-refractivity contribution is -0.115. The molecule has 0 unspecified atom stereocenters. The lowest BCUT2D eigenvalue weighted by Crippen LogP contribution is -2.46. The van der Waals surface area contributed by atoms with Crippen LogP contribution in [-0.4, -0.2) is 61.9 Å². The molecule has 31 heavy (non-hydrogen) atoms. The number of amides is 1. The van der Waals surface area contributed by atoms with Crippen molar-refractivity contribution in [2.24, 2.45) is 0 Å². The van der Waals surface area contributed by atoms with Gasteiger partial charge in [0.05, 0.1) is 11.3 Å². The molecule has 3 aromatic rings. The summed E-state index contributed by atoms with van der Waals surface area (Å²) in [6.45, 7) is 6.37. The summed E-state index contributed by atoms with van der Waals surface area (Å²) in [5, 5.41) is 7.66. The topological polar surface area (TPSA) is 95.8 Å². The number of carbonyl (C=O) groups is 1. The number of sulfonamides is 1. The number of piperazine rings is 1. The molecule has 0 atom stereocenters. The Kier molecular flexibility index (Phi) is 5.83. The van der Waals surface area contributed by atoms with E-state index in [-0.39, 0.29) is 17.2 Å². The highest BCUT2D eigenvalue weighted by Gasteiger charge is 2.27.